The lowest BCUT2D eigenvalue weighted by Crippen LogP contribution is -2.01. The van der Waals surface area contributed by atoms with Crippen LogP contribution in [0.1, 0.15) is 12.5 Å². The van der Waals surface area contributed by atoms with Gasteiger partial charge in [0.05, 0.1) is 23.3 Å². The van der Waals surface area contributed by atoms with E-state index in [1.807, 2.05) is 37.3 Å². The number of thiazole rings is 1. The van der Waals surface area contributed by atoms with Crippen LogP contribution in [-0.2, 0) is 0 Å². The van der Waals surface area contributed by atoms with Crippen LogP contribution in [0.15, 0.2) is 73.5 Å². The molecule has 29 heavy (non-hydrogen) atoms. The number of fused-ring (bicyclic) bond motifs is 1. The Morgan fingerprint density at radius 2 is 2.00 bits per heavy atom. The van der Waals surface area contributed by atoms with Gasteiger partial charge in [0.2, 0.25) is 5.13 Å². The highest BCUT2D eigenvalue weighted by atomic mass is 79.9. The van der Waals surface area contributed by atoms with Gasteiger partial charge < -0.3 is 9.15 Å². The van der Waals surface area contributed by atoms with Crippen molar-refractivity contribution in [3.05, 3.63) is 75.2 Å². The smallest absolute Gasteiger partial charge is 0.345 e. The molecule has 4 aromatic rings. The average molecular weight is 470 g/mol. The van der Waals surface area contributed by atoms with Gasteiger partial charge in [-0.1, -0.05) is 39.4 Å². The summed E-state index contributed by atoms with van der Waals surface area (Å²) in [5.74, 6) is 0.696. The van der Waals surface area contributed by atoms with Crippen LogP contribution in [0.4, 0.5) is 5.13 Å². The number of nitrogens with zero attached hydrogens (tertiary/aromatic N) is 2. The van der Waals surface area contributed by atoms with E-state index >= 15 is 0 Å². The number of anilines is 1. The second-order valence-electron chi connectivity index (χ2n) is 6.20. The lowest BCUT2D eigenvalue weighted by atomic mass is 10.1. The predicted molar refractivity (Wildman–Crippen MR) is 120 cm³/mol. The fourth-order valence-corrected chi connectivity index (χ4v) is 3.76. The van der Waals surface area contributed by atoms with Crippen LogP contribution in [-0.4, -0.2) is 17.8 Å². The minimum atomic E-state index is -0.410. The number of ether oxygens (including phenoxy) is 1. The molecule has 0 atom stereocenters. The van der Waals surface area contributed by atoms with E-state index in [2.05, 4.69) is 31.4 Å². The Bertz CT molecular complexity index is 1260. The molecule has 0 amide bonds. The molecule has 1 N–H and O–H groups in total. The molecule has 0 aliphatic carbocycles. The number of aromatic nitrogens is 1. The van der Waals surface area contributed by atoms with E-state index in [1.165, 1.54) is 11.3 Å². The zero-order valence-electron chi connectivity index (χ0n) is 15.6. The Morgan fingerprint density at radius 1 is 1.21 bits per heavy atom. The average Bonchev–Trinajstić information content (AvgIpc) is 3.20. The zero-order chi connectivity index (χ0) is 20.4. The lowest BCUT2D eigenvalue weighted by Gasteiger charge is -2.03. The first kappa shape index (κ1) is 19.4. The van der Waals surface area contributed by atoms with E-state index in [-0.39, 0.29) is 0 Å². The van der Waals surface area contributed by atoms with Gasteiger partial charge in [-0.15, -0.1) is 0 Å². The Labute approximate surface area is 179 Å². The molecule has 0 spiro atoms. The van der Waals surface area contributed by atoms with Crippen molar-refractivity contribution < 1.29 is 9.15 Å². The molecule has 0 saturated heterocycles. The summed E-state index contributed by atoms with van der Waals surface area (Å²) in [4.78, 5) is 17.4. The van der Waals surface area contributed by atoms with Gasteiger partial charge in [0.15, 0.2) is 0 Å². The van der Waals surface area contributed by atoms with Crippen molar-refractivity contribution in [2.75, 3.05) is 12.5 Å². The maximum atomic E-state index is 12.4. The highest BCUT2D eigenvalue weighted by Crippen LogP contribution is 2.30. The summed E-state index contributed by atoms with van der Waals surface area (Å²) in [6.07, 6.45) is 1.63. The summed E-state index contributed by atoms with van der Waals surface area (Å²) >= 11 is 4.75. The van der Waals surface area contributed by atoms with Crippen LogP contribution in [0, 0.1) is 0 Å². The number of nitrogens with one attached hydrogen (secondary N) is 1. The SMILES string of the molecule is COc1ccc2oc(=O)c(-c3cnc(N/N=C(/C)c4ccc(Br)cc4)s3)cc2c1. The number of methoxy groups -OCH3 is 1. The molecule has 0 saturated carbocycles. The Kier molecular flexibility index (Phi) is 5.46. The number of hydrogen-bond donors (Lipinski definition) is 1. The van der Waals surface area contributed by atoms with Crippen LogP contribution < -0.4 is 15.8 Å². The van der Waals surface area contributed by atoms with Crippen LogP contribution in [0.3, 0.4) is 0 Å². The summed E-state index contributed by atoms with van der Waals surface area (Å²) in [6, 6.07) is 15.0. The second kappa shape index (κ2) is 8.18. The van der Waals surface area contributed by atoms with Crippen molar-refractivity contribution in [2.24, 2.45) is 5.10 Å². The van der Waals surface area contributed by atoms with E-state index in [1.54, 1.807) is 31.5 Å². The Morgan fingerprint density at radius 3 is 2.76 bits per heavy atom. The van der Waals surface area contributed by atoms with E-state index in [0.717, 1.165) is 21.1 Å². The molecule has 6 nitrogen and oxygen atoms in total. The largest absolute Gasteiger partial charge is 0.497 e. The van der Waals surface area contributed by atoms with Crippen LogP contribution in [0.25, 0.3) is 21.4 Å². The van der Waals surface area contributed by atoms with E-state index < -0.39 is 5.63 Å². The first-order valence-corrected chi connectivity index (χ1v) is 10.3. The first-order chi connectivity index (χ1) is 14.0. The molecule has 2 heterocycles. The number of benzene rings is 2. The van der Waals surface area contributed by atoms with Crippen molar-refractivity contribution in [2.45, 2.75) is 6.92 Å². The van der Waals surface area contributed by atoms with Crippen LogP contribution >= 0.6 is 27.3 Å². The topological polar surface area (TPSA) is 76.7 Å². The third kappa shape index (κ3) is 4.23. The van der Waals surface area contributed by atoms with Gasteiger partial charge in [0.25, 0.3) is 0 Å². The third-order valence-electron chi connectivity index (χ3n) is 4.29. The monoisotopic (exact) mass is 469 g/mol. The van der Waals surface area contributed by atoms with E-state index in [4.69, 9.17) is 9.15 Å². The quantitative estimate of drug-likeness (QED) is 0.236. The van der Waals surface area contributed by atoms with Gasteiger partial charge in [-0.05, 0) is 48.9 Å². The molecule has 0 aliphatic rings. The molecular weight excluding hydrogens is 454 g/mol. The standard InChI is InChI=1S/C21H16BrN3O3S/c1-12(13-3-5-15(22)6-4-13)24-25-21-23-11-19(29-21)17-10-14-9-16(27-2)7-8-18(14)28-20(17)26/h3-11H,1-2H3,(H,23,25)/b24-12-. The number of rotatable bonds is 5. The van der Waals surface area contributed by atoms with Crippen molar-refractivity contribution in [3.63, 3.8) is 0 Å². The fourth-order valence-electron chi connectivity index (χ4n) is 2.74. The van der Waals surface area contributed by atoms with Gasteiger partial charge in [-0.25, -0.2) is 9.78 Å². The molecule has 0 bridgehead atoms. The molecule has 8 heteroatoms. The normalized spacial score (nSPS) is 11.6. The second-order valence-corrected chi connectivity index (χ2v) is 8.14. The van der Waals surface area contributed by atoms with Crippen LogP contribution in [0.2, 0.25) is 0 Å². The molecule has 4 rings (SSSR count). The molecule has 0 fully saturated rings. The molecule has 0 radical (unpaired) electrons. The highest BCUT2D eigenvalue weighted by molar-refractivity contribution is 9.10. The summed E-state index contributed by atoms with van der Waals surface area (Å²) in [6.45, 7) is 1.91. The summed E-state index contributed by atoms with van der Waals surface area (Å²) in [5.41, 5.74) is 5.33. The molecule has 146 valence electrons. The number of hydrazone groups is 1. The van der Waals surface area contributed by atoms with Gasteiger partial charge in [-0.2, -0.15) is 5.10 Å². The molecule has 0 aliphatic heterocycles. The molecule has 2 aromatic heterocycles. The van der Waals surface area contributed by atoms with E-state index in [0.29, 0.717) is 26.9 Å². The van der Waals surface area contributed by atoms with Gasteiger partial charge in [0.1, 0.15) is 11.3 Å². The van der Waals surface area contributed by atoms with Gasteiger partial charge in [-0.3, -0.25) is 5.43 Å². The van der Waals surface area contributed by atoms with E-state index in [9.17, 15) is 4.79 Å². The van der Waals surface area contributed by atoms with Crippen molar-refractivity contribution in [1.82, 2.24) is 4.98 Å². The summed E-state index contributed by atoms with van der Waals surface area (Å²) in [7, 11) is 1.60. The highest BCUT2D eigenvalue weighted by Gasteiger charge is 2.12. The maximum absolute atomic E-state index is 12.4. The lowest BCUT2D eigenvalue weighted by molar-refractivity contribution is 0.415. The Balaban J connectivity index is 1.60. The maximum Gasteiger partial charge on any atom is 0.345 e. The molecular formula is C21H16BrN3O3S. The number of halogens is 1. The minimum Gasteiger partial charge on any atom is -0.497 e. The predicted octanol–water partition coefficient (Wildman–Crippen LogP) is 5.52. The first-order valence-electron chi connectivity index (χ1n) is 8.68. The Hall–Kier alpha value is -2.97. The van der Waals surface area contributed by atoms with Gasteiger partial charge in [0, 0.05) is 16.1 Å². The molecule has 0 unspecified atom stereocenters. The zero-order valence-corrected chi connectivity index (χ0v) is 18.0. The van der Waals surface area contributed by atoms with Crippen molar-refractivity contribution in [3.8, 4) is 16.2 Å². The van der Waals surface area contributed by atoms with Crippen molar-refractivity contribution >= 4 is 49.1 Å². The summed E-state index contributed by atoms with van der Waals surface area (Å²) < 4.78 is 11.7. The number of hydrogen-bond acceptors (Lipinski definition) is 7. The van der Waals surface area contributed by atoms with Crippen molar-refractivity contribution in [1.29, 1.82) is 0 Å². The fraction of sp³-hybridized carbons (Fsp3) is 0.0952. The summed E-state index contributed by atoms with van der Waals surface area (Å²) in [5, 5.41) is 5.75. The van der Waals surface area contributed by atoms with Gasteiger partial charge >= 0.3 is 5.63 Å². The molecule has 2 aromatic carbocycles. The van der Waals surface area contributed by atoms with Crippen LogP contribution in [0.5, 0.6) is 5.75 Å². The third-order valence-corrected chi connectivity index (χ3v) is 5.76. The minimum absolute atomic E-state index is 0.410.